The van der Waals surface area contributed by atoms with Crippen molar-refractivity contribution in [3.8, 4) is 0 Å². The molecule has 1 fully saturated rings. The number of aromatic nitrogens is 1. The van der Waals surface area contributed by atoms with Crippen LogP contribution in [0.1, 0.15) is 49.9 Å². The molecule has 0 unspecified atom stereocenters. The Morgan fingerprint density at radius 3 is 2.60 bits per heavy atom. The van der Waals surface area contributed by atoms with Crippen LogP contribution in [-0.4, -0.2) is 22.6 Å². The van der Waals surface area contributed by atoms with Crippen molar-refractivity contribution in [3.05, 3.63) is 22.9 Å². The van der Waals surface area contributed by atoms with Crippen molar-refractivity contribution in [2.45, 2.75) is 53.0 Å². The first-order valence-electron chi connectivity index (χ1n) is 7.44. The first-order chi connectivity index (χ1) is 9.40. The molecule has 0 radical (unpaired) electrons. The van der Waals surface area contributed by atoms with Crippen molar-refractivity contribution in [3.63, 3.8) is 0 Å². The van der Waals surface area contributed by atoms with E-state index in [1.54, 1.807) is 0 Å². The Hall–Kier alpha value is -1.16. The highest BCUT2D eigenvalue weighted by Gasteiger charge is 2.32. The van der Waals surface area contributed by atoms with E-state index in [9.17, 15) is 0 Å². The van der Waals surface area contributed by atoms with Crippen LogP contribution in [0.3, 0.4) is 0 Å². The topological polar surface area (TPSA) is 42.1 Å². The third-order valence-corrected chi connectivity index (χ3v) is 3.98. The van der Waals surface area contributed by atoms with Crippen LogP contribution < -0.4 is 10.6 Å². The number of hydrogen-bond acceptors (Lipinski definition) is 3. The third-order valence-electron chi connectivity index (χ3n) is 3.78. The summed E-state index contributed by atoms with van der Waals surface area (Å²) in [7, 11) is 0. The zero-order valence-electron chi connectivity index (χ0n) is 12.9. The zero-order chi connectivity index (χ0) is 14.9. The van der Waals surface area contributed by atoms with Crippen LogP contribution in [0.15, 0.2) is 6.07 Å². The molecule has 1 aromatic rings. The lowest BCUT2D eigenvalue weighted by Crippen LogP contribution is -2.31. The van der Waals surface area contributed by atoms with Gasteiger partial charge in [-0.3, -0.25) is 0 Å². The molecule has 20 heavy (non-hydrogen) atoms. The first-order valence-corrected chi connectivity index (χ1v) is 7.85. The Kier molecular flexibility index (Phi) is 4.63. The van der Waals surface area contributed by atoms with E-state index in [-0.39, 0.29) is 0 Å². The van der Waals surface area contributed by atoms with Crippen molar-refractivity contribution in [2.24, 2.45) is 11.7 Å². The van der Waals surface area contributed by atoms with Gasteiger partial charge in [-0.1, -0.05) is 26.1 Å². The summed E-state index contributed by atoms with van der Waals surface area (Å²) in [4.78, 5) is 7.64. The molecule has 0 atom stereocenters. The molecule has 1 aliphatic carbocycles. The lowest BCUT2D eigenvalue weighted by atomic mass is 10.1. The van der Waals surface area contributed by atoms with E-state index in [0.717, 1.165) is 29.2 Å². The predicted octanol–water partition coefficient (Wildman–Crippen LogP) is 3.35. The maximum absolute atomic E-state index is 5.94. The van der Waals surface area contributed by atoms with Gasteiger partial charge >= 0.3 is 0 Å². The minimum atomic E-state index is 0.459. The van der Waals surface area contributed by atoms with Gasteiger partial charge in [0.1, 0.15) is 10.8 Å². The summed E-state index contributed by atoms with van der Waals surface area (Å²) in [5.41, 5.74) is 9.07. The van der Waals surface area contributed by atoms with Crippen molar-refractivity contribution in [1.29, 1.82) is 0 Å². The molecule has 2 N–H and O–H groups in total. The first kappa shape index (κ1) is 15.2. The van der Waals surface area contributed by atoms with Crippen molar-refractivity contribution in [1.82, 2.24) is 4.98 Å². The third kappa shape index (κ3) is 3.48. The van der Waals surface area contributed by atoms with Crippen LogP contribution in [0, 0.1) is 19.8 Å². The molecule has 1 heterocycles. The number of pyridine rings is 1. The highest BCUT2D eigenvalue weighted by atomic mass is 32.1. The van der Waals surface area contributed by atoms with Gasteiger partial charge < -0.3 is 10.6 Å². The van der Waals surface area contributed by atoms with Gasteiger partial charge in [-0.2, -0.15) is 0 Å². The van der Waals surface area contributed by atoms with E-state index in [1.165, 1.54) is 19.3 Å². The van der Waals surface area contributed by atoms with E-state index in [0.29, 0.717) is 16.9 Å². The monoisotopic (exact) mass is 291 g/mol. The summed E-state index contributed by atoms with van der Waals surface area (Å²) in [5.74, 6) is 1.69. The Morgan fingerprint density at radius 2 is 2.10 bits per heavy atom. The molecule has 2 rings (SSSR count). The van der Waals surface area contributed by atoms with Crippen LogP contribution in [-0.2, 0) is 0 Å². The minimum Gasteiger partial charge on any atom is -0.389 e. The predicted molar refractivity (Wildman–Crippen MR) is 89.4 cm³/mol. The minimum absolute atomic E-state index is 0.459. The van der Waals surface area contributed by atoms with E-state index in [4.69, 9.17) is 22.9 Å². The van der Waals surface area contributed by atoms with Crippen molar-refractivity contribution >= 4 is 23.0 Å². The van der Waals surface area contributed by atoms with Gasteiger partial charge in [0, 0.05) is 18.3 Å². The summed E-state index contributed by atoms with van der Waals surface area (Å²) in [6.07, 6.45) is 3.68. The maximum atomic E-state index is 5.94. The van der Waals surface area contributed by atoms with E-state index >= 15 is 0 Å². The molecule has 1 aromatic heterocycles. The largest absolute Gasteiger partial charge is 0.389 e. The molecule has 110 valence electrons. The van der Waals surface area contributed by atoms with Crippen molar-refractivity contribution in [2.75, 3.05) is 11.4 Å². The highest BCUT2D eigenvalue weighted by Crippen LogP contribution is 2.34. The SMILES string of the molecule is Cc1cc(C)c(C(N)=S)c(N(CCC(C)C)C2CC2)n1. The number of anilines is 1. The summed E-state index contributed by atoms with van der Waals surface area (Å²) in [6.45, 7) is 9.66. The molecule has 4 heteroatoms. The summed E-state index contributed by atoms with van der Waals surface area (Å²) in [6, 6.07) is 2.68. The Balaban J connectivity index is 2.38. The fourth-order valence-corrected chi connectivity index (χ4v) is 2.83. The molecule has 1 saturated carbocycles. The number of nitrogens with zero attached hydrogens (tertiary/aromatic N) is 2. The second-order valence-corrected chi connectivity index (χ2v) is 6.69. The van der Waals surface area contributed by atoms with Crippen LogP contribution >= 0.6 is 12.2 Å². The van der Waals surface area contributed by atoms with Gasteiger partial charge in [-0.05, 0) is 50.7 Å². The van der Waals surface area contributed by atoms with Crippen LogP contribution in [0.5, 0.6) is 0 Å². The lowest BCUT2D eigenvalue weighted by Gasteiger charge is -2.27. The number of rotatable bonds is 6. The normalized spacial score (nSPS) is 14.7. The van der Waals surface area contributed by atoms with Crippen LogP contribution in [0.2, 0.25) is 0 Å². The quantitative estimate of drug-likeness (QED) is 0.816. The van der Waals surface area contributed by atoms with Crippen LogP contribution in [0.4, 0.5) is 5.82 Å². The average Bonchev–Trinajstić information content (AvgIpc) is 3.11. The van der Waals surface area contributed by atoms with E-state index < -0.39 is 0 Å². The zero-order valence-corrected chi connectivity index (χ0v) is 13.8. The van der Waals surface area contributed by atoms with Gasteiger partial charge in [0.25, 0.3) is 0 Å². The average molecular weight is 291 g/mol. The smallest absolute Gasteiger partial charge is 0.139 e. The van der Waals surface area contributed by atoms with Gasteiger partial charge in [-0.25, -0.2) is 4.98 Å². The van der Waals surface area contributed by atoms with Gasteiger partial charge in [0.15, 0.2) is 0 Å². The molecule has 0 bridgehead atoms. The molecule has 0 amide bonds. The molecule has 0 saturated heterocycles. The fraction of sp³-hybridized carbons (Fsp3) is 0.625. The Labute approximate surface area is 127 Å². The molecule has 0 aromatic carbocycles. The number of thiocarbonyl (C=S) groups is 1. The second-order valence-electron chi connectivity index (χ2n) is 6.25. The van der Waals surface area contributed by atoms with E-state index in [2.05, 4.69) is 31.7 Å². The Morgan fingerprint density at radius 1 is 1.45 bits per heavy atom. The van der Waals surface area contributed by atoms with E-state index in [1.807, 2.05) is 6.92 Å². The molecule has 0 aliphatic heterocycles. The molecule has 1 aliphatic rings. The molecular weight excluding hydrogens is 266 g/mol. The number of hydrogen-bond donors (Lipinski definition) is 1. The highest BCUT2D eigenvalue weighted by molar-refractivity contribution is 7.80. The van der Waals surface area contributed by atoms with Gasteiger partial charge in [-0.15, -0.1) is 0 Å². The summed E-state index contributed by atoms with van der Waals surface area (Å²) in [5, 5.41) is 0. The van der Waals surface area contributed by atoms with Crippen molar-refractivity contribution < 1.29 is 0 Å². The van der Waals surface area contributed by atoms with Crippen LogP contribution in [0.25, 0.3) is 0 Å². The molecule has 0 spiro atoms. The summed E-state index contributed by atoms with van der Waals surface area (Å²) >= 11 is 5.25. The molecular formula is C16H25N3S. The van der Waals surface area contributed by atoms with Gasteiger partial charge in [0.2, 0.25) is 0 Å². The standard InChI is InChI=1S/C16H25N3S/c1-10(2)7-8-19(13-5-6-13)16-14(15(17)20)11(3)9-12(4)18-16/h9-10,13H,5-8H2,1-4H3,(H2,17,20). The summed E-state index contributed by atoms with van der Waals surface area (Å²) < 4.78 is 0. The number of nitrogens with two attached hydrogens (primary N) is 1. The fourth-order valence-electron chi connectivity index (χ4n) is 2.57. The molecule has 3 nitrogen and oxygen atoms in total. The van der Waals surface area contributed by atoms with Gasteiger partial charge in [0.05, 0.1) is 5.56 Å². The number of aryl methyl sites for hydroxylation is 2. The Bertz CT molecular complexity index is 507. The maximum Gasteiger partial charge on any atom is 0.139 e. The lowest BCUT2D eigenvalue weighted by molar-refractivity contribution is 0.568. The second kappa shape index (κ2) is 6.08.